The van der Waals surface area contributed by atoms with Crippen molar-refractivity contribution in [2.45, 2.75) is 45.2 Å². The number of hydrogen-bond donors (Lipinski definition) is 1. The third-order valence-corrected chi connectivity index (χ3v) is 5.12. The Bertz CT molecular complexity index is 830. The van der Waals surface area contributed by atoms with Crippen molar-refractivity contribution in [3.05, 3.63) is 58.9 Å². The van der Waals surface area contributed by atoms with E-state index in [1.807, 2.05) is 30.3 Å². The fourth-order valence-electron chi connectivity index (χ4n) is 3.74. The molecule has 1 saturated carbocycles. The zero-order chi connectivity index (χ0) is 17.4. The fraction of sp³-hybridized carbons (Fsp3) is 0.381. The highest BCUT2D eigenvalue weighted by Crippen LogP contribution is 2.38. The van der Waals surface area contributed by atoms with Gasteiger partial charge in [0.15, 0.2) is 0 Å². The van der Waals surface area contributed by atoms with Crippen LogP contribution in [0.3, 0.4) is 0 Å². The molecule has 4 heteroatoms. The summed E-state index contributed by atoms with van der Waals surface area (Å²) in [5, 5.41) is 3.11. The SMILES string of the molecule is Cc1cc(/C=C/C(=O)N[C@H]2CCOc3ccccc32)c(C)n1C1CC1. The normalized spacial score (nSPS) is 19.5. The molecular weight excluding hydrogens is 312 g/mol. The molecule has 130 valence electrons. The molecule has 1 aliphatic heterocycles. The van der Waals surface area contributed by atoms with Gasteiger partial charge in [0.05, 0.1) is 12.6 Å². The van der Waals surface area contributed by atoms with Crippen molar-refractivity contribution in [1.82, 2.24) is 9.88 Å². The average Bonchev–Trinajstić information content (AvgIpc) is 3.39. The Morgan fingerprint density at radius 3 is 2.84 bits per heavy atom. The van der Waals surface area contributed by atoms with E-state index in [4.69, 9.17) is 4.74 Å². The summed E-state index contributed by atoms with van der Waals surface area (Å²) in [6.45, 7) is 4.91. The monoisotopic (exact) mass is 336 g/mol. The molecule has 4 nitrogen and oxygen atoms in total. The van der Waals surface area contributed by atoms with Crippen molar-refractivity contribution in [2.24, 2.45) is 0 Å². The van der Waals surface area contributed by atoms with Crippen LogP contribution >= 0.6 is 0 Å². The summed E-state index contributed by atoms with van der Waals surface area (Å²) in [5.41, 5.74) is 4.72. The summed E-state index contributed by atoms with van der Waals surface area (Å²) >= 11 is 0. The van der Waals surface area contributed by atoms with Gasteiger partial charge in [0.2, 0.25) is 5.91 Å². The fourth-order valence-corrected chi connectivity index (χ4v) is 3.74. The Balaban J connectivity index is 1.46. The Morgan fingerprint density at radius 1 is 1.24 bits per heavy atom. The molecule has 2 aromatic rings. The third-order valence-electron chi connectivity index (χ3n) is 5.12. The molecule has 0 radical (unpaired) electrons. The minimum atomic E-state index is -0.0575. The molecule has 1 amide bonds. The van der Waals surface area contributed by atoms with Gasteiger partial charge in [-0.3, -0.25) is 4.79 Å². The van der Waals surface area contributed by atoms with E-state index in [0.717, 1.165) is 23.3 Å². The molecule has 0 spiro atoms. The van der Waals surface area contributed by atoms with Crippen molar-refractivity contribution in [1.29, 1.82) is 0 Å². The van der Waals surface area contributed by atoms with Crippen molar-refractivity contribution in [3.8, 4) is 5.75 Å². The number of para-hydroxylation sites is 1. The van der Waals surface area contributed by atoms with Crippen molar-refractivity contribution < 1.29 is 9.53 Å². The zero-order valence-electron chi connectivity index (χ0n) is 14.8. The van der Waals surface area contributed by atoms with Crippen molar-refractivity contribution >= 4 is 12.0 Å². The Labute approximate surface area is 148 Å². The number of hydrogen-bond acceptors (Lipinski definition) is 2. The van der Waals surface area contributed by atoms with Crippen LogP contribution in [0.25, 0.3) is 6.08 Å². The van der Waals surface area contributed by atoms with Crippen LogP contribution in [0.1, 0.15) is 53.9 Å². The van der Waals surface area contributed by atoms with Gasteiger partial charge in [0.25, 0.3) is 0 Å². The number of nitrogens with one attached hydrogen (secondary N) is 1. The van der Waals surface area contributed by atoms with Gasteiger partial charge in [-0.1, -0.05) is 18.2 Å². The van der Waals surface area contributed by atoms with E-state index in [1.54, 1.807) is 6.08 Å². The number of rotatable bonds is 4. The molecule has 0 bridgehead atoms. The highest BCUT2D eigenvalue weighted by Gasteiger charge is 2.26. The second-order valence-electron chi connectivity index (χ2n) is 7.00. The predicted octanol–water partition coefficient (Wildman–Crippen LogP) is 4.09. The quantitative estimate of drug-likeness (QED) is 0.855. The highest BCUT2D eigenvalue weighted by molar-refractivity contribution is 5.92. The van der Waals surface area contributed by atoms with E-state index >= 15 is 0 Å². The third kappa shape index (κ3) is 3.21. The summed E-state index contributed by atoms with van der Waals surface area (Å²) in [4.78, 5) is 12.4. The van der Waals surface area contributed by atoms with Crippen LogP contribution in [0.5, 0.6) is 5.75 Å². The van der Waals surface area contributed by atoms with Crippen LogP contribution < -0.4 is 10.1 Å². The number of aryl methyl sites for hydroxylation is 1. The molecular formula is C21H24N2O2. The van der Waals surface area contributed by atoms with Gasteiger partial charge in [-0.2, -0.15) is 0 Å². The lowest BCUT2D eigenvalue weighted by molar-refractivity contribution is -0.117. The number of benzene rings is 1. The molecule has 1 N–H and O–H groups in total. The van der Waals surface area contributed by atoms with Crippen LogP contribution in [-0.4, -0.2) is 17.1 Å². The first-order valence-electron chi connectivity index (χ1n) is 9.02. The first-order valence-corrected chi connectivity index (χ1v) is 9.02. The molecule has 1 atom stereocenters. The molecule has 0 unspecified atom stereocenters. The van der Waals surface area contributed by atoms with E-state index in [2.05, 4.69) is 29.8 Å². The maximum atomic E-state index is 12.4. The smallest absolute Gasteiger partial charge is 0.244 e. The molecule has 2 aliphatic rings. The number of ether oxygens (including phenoxy) is 1. The number of carbonyl (C=O) groups is 1. The number of nitrogens with zero attached hydrogens (tertiary/aromatic N) is 1. The van der Waals surface area contributed by atoms with Gasteiger partial charge in [0.1, 0.15) is 5.75 Å². The largest absolute Gasteiger partial charge is 0.493 e. The summed E-state index contributed by atoms with van der Waals surface area (Å²) in [7, 11) is 0. The van der Waals surface area contributed by atoms with Crippen LogP contribution in [0.4, 0.5) is 0 Å². The van der Waals surface area contributed by atoms with Crippen LogP contribution in [-0.2, 0) is 4.79 Å². The highest BCUT2D eigenvalue weighted by atomic mass is 16.5. The maximum absolute atomic E-state index is 12.4. The molecule has 4 rings (SSSR count). The second kappa shape index (κ2) is 6.43. The average molecular weight is 336 g/mol. The standard InChI is InChI=1S/C21H24N2O2/c1-14-13-16(15(2)23(14)17-8-9-17)7-10-21(24)22-19-11-12-25-20-6-4-3-5-18(19)20/h3-7,10,13,17,19H,8-9,11-12H2,1-2H3,(H,22,24)/b10-7+/t19-/m0/s1. The Morgan fingerprint density at radius 2 is 2.04 bits per heavy atom. The molecule has 1 aliphatic carbocycles. The van der Waals surface area contributed by atoms with E-state index < -0.39 is 0 Å². The van der Waals surface area contributed by atoms with E-state index in [9.17, 15) is 4.79 Å². The minimum Gasteiger partial charge on any atom is -0.493 e. The van der Waals surface area contributed by atoms with Gasteiger partial charge in [-0.25, -0.2) is 0 Å². The number of amides is 1. The van der Waals surface area contributed by atoms with Gasteiger partial charge in [-0.15, -0.1) is 0 Å². The number of carbonyl (C=O) groups excluding carboxylic acids is 1. The van der Waals surface area contributed by atoms with Gasteiger partial charge < -0.3 is 14.6 Å². The molecule has 2 heterocycles. The lowest BCUT2D eigenvalue weighted by Crippen LogP contribution is -2.30. The molecule has 1 fully saturated rings. The topological polar surface area (TPSA) is 43.3 Å². The summed E-state index contributed by atoms with van der Waals surface area (Å²) in [6, 6.07) is 10.8. The van der Waals surface area contributed by atoms with Gasteiger partial charge >= 0.3 is 0 Å². The molecule has 1 aromatic carbocycles. The lowest BCUT2D eigenvalue weighted by Gasteiger charge is -2.26. The van der Waals surface area contributed by atoms with E-state index in [-0.39, 0.29) is 11.9 Å². The van der Waals surface area contributed by atoms with E-state index in [0.29, 0.717) is 12.6 Å². The van der Waals surface area contributed by atoms with Gasteiger partial charge in [-0.05, 0) is 50.5 Å². The van der Waals surface area contributed by atoms with Gasteiger partial charge in [0, 0.05) is 35.5 Å². The number of aromatic nitrogens is 1. The zero-order valence-corrected chi connectivity index (χ0v) is 14.8. The lowest BCUT2D eigenvalue weighted by atomic mass is 10.0. The van der Waals surface area contributed by atoms with Crippen LogP contribution in [0.15, 0.2) is 36.4 Å². The minimum absolute atomic E-state index is 0.0148. The number of fused-ring (bicyclic) bond motifs is 1. The van der Waals surface area contributed by atoms with Crippen molar-refractivity contribution in [3.63, 3.8) is 0 Å². The predicted molar refractivity (Wildman–Crippen MR) is 98.6 cm³/mol. The summed E-state index contributed by atoms with van der Waals surface area (Å²) < 4.78 is 8.05. The summed E-state index contributed by atoms with van der Waals surface area (Å²) in [6.07, 6.45) is 6.91. The van der Waals surface area contributed by atoms with Crippen LogP contribution in [0, 0.1) is 13.8 Å². The Kier molecular flexibility index (Phi) is 4.12. The first-order chi connectivity index (χ1) is 12.1. The van der Waals surface area contributed by atoms with Crippen LogP contribution in [0.2, 0.25) is 0 Å². The molecule has 0 saturated heterocycles. The first kappa shape index (κ1) is 16.0. The molecule has 1 aromatic heterocycles. The maximum Gasteiger partial charge on any atom is 0.244 e. The Hall–Kier alpha value is -2.49. The second-order valence-corrected chi connectivity index (χ2v) is 7.00. The van der Waals surface area contributed by atoms with Crippen molar-refractivity contribution in [2.75, 3.05) is 6.61 Å². The summed E-state index contributed by atoms with van der Waals surface area (Å²) in [5.74, 6) is 0.814. The molecule has 25 heavy (non-hydrogen) atoms. The van der Waals surface area contributed by atoms with E-state index in [1.165, 1.54) is 24.2 Å².